The number of halogens is 2. The van der Waals surface area contributed by atoms with E-state index in [0.717, 1.165) is 0 Å². The van der Waals surface area contributed by atoms with Crippen molar-refractivity contribution in [3.8, 4) is 0 Å². The van der Waals surface area contributed by atoms with E-state index in [0.29, 0.717) is 11.4 Å². The zero-order valence-electron chi connectivity index (χ0n) is 8.33. The topological polar surface area (TPSA) is 129 Å². The molecule has 0 saturated heterocycles. The van der Waals surface area contributed by atoms with Gasteiger partial charge < -0.3 is 22.9 Å². The smallest absolute Gasteiger partial charge is 0.191 e. The zero-order valence-corrected chi connectivity index (χ0v) is 9.96. The molecule has 8 N–H and O–H groups in total. The van der Waals surface area contributed by atoms with Gasteiger partial charge in [-0.05, 0) is 24.3 Å². The summed E-state index contributed by atoms with van der Waals surface area (Å²) in [6, 6.07) is 6.84. The molecule has 0 aliphatic carbocycles. The van der Waals surface area contributed by atoms with E-state index in [1.54, 1.807) is 24.3 Å². The molecule has 0 unspecified atom stereocenters. The van der Waals surface area contributed by atoms with Crippen molar-refractivity contribution in [1.82, 2.24) is 0 Å². The number of nitrogens with two attached hydrogens (primary N) is 4. The number of benzene rings is 1. The number of aliphatic imine (C=N–C) groups is 2. The molecule has 6 nitrogen and oxygen atoms in total. The Labute approximate surface area is 106 Å². The molecule has 0 atom stereocenters. The van der Waals surface area contributed by atoms with Crippen LogP contribution < -0.4 is 22.9 Å². The molecule has 0 aliphatic rings. The molecule has 1 aromatic carbocycles. The van der Waals surface area contributed by atoms with Crippen LogP contribution in [0.5, 0.6) is 0 Å². The number of hydrogen-bond donors (Lipinski definition) is 4. The summed E-state index contributed by atoms with van der Waals surface area (Å²) in [4.78, 5) is 7.68. The number of nitrogens with zero attached hydrogens (tertiary/aromatic N) is 2. The summed E-state index contributed by atoms with van der Waals surface area (Å²) < 4.78 is 0. The minimum absolute atomic E-state index is 0. The Morgan fingerprint density at radius 1 is 0.688 bits per heavy atom. The molecule has 1 rings (SSSR count). The molecule has 0 saturated carbocycles. The normalized spacial score (nSPS) is 8.00. The highest BCUT2D eigenvalue weighted by atomic mass is 35.5. The molecular formula is C8H14Cl2N6. The maximum atomic E-state index is 5.20. The van der Waals surface area contributed by atoms with Crippen LogP contribution in [0.3, 0.4) is 0 Å². The highest BCUT2D eigenvalue weighted by Crippen LogP contribution is 2.17. The summed E-state index contributed by atoms with van der Waals surface area (Å²) in [5, 5.41) is 0. The van der Waals surface area contributed by atoms with Gasteiger partial charge in [-0.1, -0.05) is 0 Å². The van der Waals surface area contributed by atoms with Crippen molar-refractivity contribution in [1.29, 1.82) is 0 Å². The van der Waals surface area contributed by atoms with Crippen molar-refractivity contribution in [2.45, 2.75) is 0 Å². The van der Waals surface area contributed by atoms with Crippen molar-refractivity contribution in [2.24, 2.45) is 32.9 Å². The van der Waals surface area contributed by atoms with E-state index in [1.807, 2.05) is 0 Å². The molecule has 1 aromatic rings. The van der Waals surface area contributed by atoms with Crippen LogP contribution in [-0.4, -0.2) is 11.9 Å². The van der Waals surface area contributed by atoms with Crippen LogP contribution in [0.25, 0.3) is 0 Å². The SMILES string of the molecule is Cl.Cl.NC(N)=Nc1ccc(N=C(N)N)cc1. The summed E-state index contributed by atoms with van der Waals surface area (Å²) in [6.07, 6.45) is 0. The maximum Gasteiger partial charge on any atom is 0.191 e. The van der Waals surface area contributed by atoms with Gasteiger partial charge in [-0.2, -0.15) is 0 Å². The molecule has 0 spiro atoms. The van der Waals surface area contributed by atoms with Gasteiger partial charge in [0.1, 0.15) is 0 Å². The second-order valence-electron chi connectivity index (χ2n) is 2.59. The van der Waals surface area contributed by atoms with Crippen molar-refractivity contribution in [3.05, 3.63) is 24.3 Å². The number of guanidine groups is 2. The highest BCUT2D eigenvalue weighted by Gasteiger charge is 1.92. The van der Waals surface area contributed by atoms with Crippen LogP contribution in [0, 0.1) is 0 Å². The first-order chi connectivity index (χ1) is 6.58. The quantitative estimate of drug-likeness (QED) is 0.453. The first-order valence-electron chi connectivity index (χ1n) is 3.87. The second-order valence-corrected chi connectivity index (χ2v) is 2.59. The Morgan fingerprint density at radius 3 is 1.12 bits per heavy atom. The van der Waals surface area contributed by atoms with Gasteiger partial charge in [-0.25, -0.2) is 9.98 Å². The average Bonchev–Trinajstić information content (AvgIpc) is 2.06. The molecule has 0 fully saturated rings. The summed E-state index contributed by atoms with van der Waals surface area (Å²) in [6.45, 7) is 0. The average molecular weight is 265 g/mol. The lowest BCUT2D eigenvalue weighted by Crippen LogP contribution is -2.22. The summed E-state index contributed by atoms with van der Waals surface area (Å²) >= 11 is 0. The van der Waals surface area contributed by atoms with Crippen LogP contribution in [0.4, 0.5) is 11.4 Å². The Bertz CT molecular complexity index is 328. The maximum absolute atomic E-state index is 5.20. The van der Waals surface area contributed by atoms with Crippen molar-refractivity contribution < 1.29 is 0 Å². The fourth-order valence-electron chi connectivity index (χ4n) is 0.900. The molecule has 16 heavy (non-hydrogen) atoms. The monoisotopic (exact) mass is 264 g/mol. The summed E-state index contributed by atoms with van der Waals surface area (Å²) in [5.74, 6) is 0.0270. The van der Waals surface area contributed by atoms with E-state index in [-0.39, 0.29) is 36.7 Å². The highest BCUT2D eigenvalue weighted by molar-refractivity contribution is 5.85. The Morgan fingerprint density at radius 2 is 0.938 bits per heavy atom. The third-order valence-corrected chi connectivity index (χ3v) is 1.37. The lowest BCUT2D eigenvalue weighted by Gasteiger charge is -1.96. The fourth-order valence-corrected chi connectivity index (χ4v) is 0.900. The minimum Gasteiger partial charge on any atom is -0.370 e. The molecule has 0 bridgehead atoms. The molecule has 0 aromatic heterocycles. The Balaban J connectivity index is 0. The lowest BCUT2D eigenvalue weighted by molar-refractivity contribution is 1.39. The molecule has 0 heterocycles. The van der Waals surface area contributed by atoms with Crippen LogP contribution in [0.1, 0.15) is 0 Å². The molecule has 90 valence electrons. The molecular weight excluding hydrogens is 251 g/mol. The number of hydrogen-bond acceptors (Lipinski definition) is 2. The van der Waals surface area contributed by atoms with Gasteiger partial charge in [0.2, 0.25) is 0 Å². The fraction of sp³-hybridized carbons (Fsp3) is 0. The van der Waals surface area contributed by atoms with Gasteiger partial charge in [-0.15, -0.1) is 24.8 Å². The molecule has 8 heteroatoms. The van der Waals surface area contributed by atoms with Gasteiger partial charge in [0.15, 0.2) is 11.9 Å². The van der Waals surface area contributed by atoms with E-state index in [9.17, 15) is 0 Å². The minimum atomic E-state index is 0. The van der Waals surface area contributed by atoms with Crippen LogP contribution in [0.2, 0.25) is 0 Å². The second kappa shape index (κ2) is 7.61. The van der Waals surface area contributed by atoms with E-state index in [1.165, 1.54) is 0 Å². The summed E-state index contributed by atoms with van der Waals surface area (Å²) in [7, 11) is 0. The van der Waals surface area contributed by atoms with Crippen molar-refractivity contribution >= 4 is 48.1 Å². The van der Waals surface area contributed by atoms with Gasteiger partial charge in [-0.3, -0.25) is 0 Å². The lowest BCUT2D eigenvalue weighted by atomic mass is 10.3. The Kier molecular flexibility index (Phi) is 7.97. The van der Waals surface area contributed by atoms with Gasteiger partial charge in [0, 0.05) is 0 Å². The van der Waals surface area contributed by atoms with Gasteiger partial charge in [0.05, 0.1) is 11.4 Å². The van der Waals surface area contributed by atoms with Crippen molar-refractivity contribution in [2.75, 3.05) is 0 Å². The van der Waals surface area contributed by atoms with Gasteiger partial charge in [0.25, 0.3) is 0 Å². The molecule has 0 radical (unpaired) electrons. The van der Waals surface area contributed by atoms with E-state index in [2.05, 4.69) is 9.98 Å². The van der Waals surface area contributed by atoms with E-state index < -0.39 is 0 Å². The molecule has 0 amide bonds. The standard InChI is InChI=1S/C8H12N6.2ClH/c9-7(10)13-5-1-2-6(4-3-5)14-8(11)12;;/h1-4H,(H4,9,10,13)(H4,11,12,14);2*1H. The predicted octanol–water partition coefficient (Wildman–Crippen LogP) is 0.340. The summed E-state index contributed by atoms with van der Waals surface area (Å²) in [5.41, 5.74) is 22.1. The third-order valence-electron chi connectivity index (χ3n) is 1.37. The number of rotatable bonds is 2. The first kappa shape index (κ1) is 16.8. The van der Waals surface area contributed by atoms with E-state index >= 15 is 0 Å². The largest absolute Gasteiger partial charge is 0.370 e. The third kappa shape index (κ3) is 5.94. The first-order valence-corrected chi connectivity index (χ1v) is 3.87. The van der Waals surface area contributed by atoms with Crippen LogP contribution >= 0.6 is 24.8 Å². The van der Waals surface area contributed by atoms with Crippen LogP contribution in [-0.2, 0) is 0 Å². The van der Waals surface area contributed by atoms with Crippen LogP contribution in [0.15, 0.2) is 34.3 Å². The predicted molar refractivity (Wildman–Crippen MR) is 71.9 cm³/mol. The zero-order chi connectivity index (χ0) is 10.6. The Hall–Kier alpha value is -1.66. The van der Waals surface area contributed by atoms with E-state index in [4.69, 9.17) is 22.9 Å². The molecule has 0 aliphatic heterocycles. The van der Waals surface area contributed by atoms with Crippen molar-refractivity contribution in [3.63, 3.8) is 0 Å². The van der Waals surface area contributed by atoms with Gasteiger partial charge >= 0.3 is 0 Å².